The zero-order chi connectivity index (χ0) is 39.2. The lowest BCUT2D eigenvalue weighted by molar-refractivity contribution is 1.46. The highest BCUT2D eigenvalue weighted by Gasteiger charge is 2.33. The van der Waals surface area contributed by atoms with E-state index in [9.17, 15) is 0 Å². The molecule has 0 spiro atoms. The van der Waals surface area contributed by atoms with E-state index in [2.05, 4.69) is 219 Å². The number of rotatable bonds is 4. The van der Waals surface area contributed by atoms with Gasteiger partial charge in [0.05, 0.1) is 0 Å². The lowest BCUT2D eigenvalue weighted by Gasteiger charge is -2.29. The Kier molecular flexibility index (Phi) is 7.55. The summed E-state index contributed by atoms with van der Waals surface area (Å²) in [6, 6.07) is 77.5. The molecular formula is C58H40S. The van der Waals surface area contributed by atoms with E-state index < -0.39 is 10.0 Å². The van der Waals surface area contributed by atoms with Crippen molar-refractivity contribution in [2.24, 2.45) is 0 Å². The minimum Gasteiger partial charge on any atom is -0.192 e. The maximum atomic E-state index is 2.58. The summed E-state index contributed by atoms with van der Waals surface area (Å²) in [4.78, 5) is 2.95. The van der Waals surface area contributed by atoms with E-state index in [1.165, 1.54) is 119 Å². The molecule has 1 aliphatic heterocycles. The molecule has 0 bridgehead atoms. The molecule has 278 valence electrons. The summed E-state index contributed by atoms with van der Waals surface area (Å²) in [5, 5.41) is 12.7. The molecule has 0 nitrogen and oxygen atoms in total. The summed E-state index contributed by atoms with van der Waals surface area (Å²) < 4.78 is 0. The van der Waals surface area contributed by atoms with Gasteiger partial charge in [0.2, 0.25) is 0 Å². The van der Waals surface area contributed by atoms with Crippen molar-refractivity contribution in [3.8, 4) is 55.6 Å². The molecule has 11 aromatic rings. The van der Waals surface area contributed by atoms with Gasteiger partial charge in [-0.3, -0.25) is 0 Å². The zero-order valence-electron chi connectivity index (χ0n) is 33.0. The summed E-state index contributed by atoms with van der Waals surface area (Å²) in [6.07, 6.45) is 4.95. The van der Waals surface area contributed by atoms with Crippen LogP contribution < -0.4 is 0 Å². The first kappa shape index (κ1) is 34.1. The van der Waals surface area contributed by atoms with Gasteiger partial charge in [0.15, 0.2) is 0 Å². The van der Waals surface area contributed by atoms with Crippen molar-refractivity contribution in [2.75, 3.05) is 12.5 Å². The van der Waals surface area contributed by atoms with Gasteiger partial charge in [0, 0.05) is 9.79 Å². The quantitative estimate of drug-likeness (QED) is 0.156. The van der Waals surface area contributed by atoms with E-state index in [1.807, 2.05) is 0 Å². The Labute approximate surface area is 346 Å². The molecule has 0 radical (unpaired) electrons. The van der Waals surface area contributed by atoms with Crippen LogP contribution in [0.1, 0.15) is 0 Å². The van der Waals surface area contributed by atoms with Crippen molar-refractivity contribution in [1.29, 1.82) is 0 Å². The van der Waals surface area contributed by atoms with Gasteiger partial charge in [0.25, 0.3) is 0 Å². The van der Waals surface area contributed by atoms with E-state index in [4.69, 9.17) is 0 Å². The SMILES string of the molecule is CS1(C)c2ccccc2-c2cc3c(-c4ccc5ccccc5c4)c4ccc(-c5ccc(-c6cccc7ccccc67)cc5)cc4c(-c4ccc5ccccc5c4)c3cc21. The molecule has 0 aromatic heterocycles. The fourth-order valence-corrected chi connectivity index (χ4v) is 12.5. The van der Waals surface area contributed by atoms with Crippen molar-refractivity contribution in [3.63, 3.8) is 0 Å². The van der Waals surface area contributed by atoms with Crippen LogP contribution in [0.2, 0.25) is 0 Å². The molecule has 0 fully saturated rings. The van der Waals surface area contributed by atoms with E-state index in [1.54, 1.807) is 0 Å². The van der Waals surface area contributed by atoms with Gasteiger partial charge in [-0.25, -0.2) is 0 Å². The Hall–Kier alpha value is -6.93. The second-order valence-corrected chi connectivity index (χ2v) is 20.0. The highest BCUT2D eigenvalue weighted by Crippen LogP contribution is 2.68. The first-order valence-corrected chi connectivity index (χ1v) is 22.9. The third kappa shape index (κ3) is 5.32. The van der Waals surface area contributed by atoms with Crippen molar-refractivity contribution >= 4 is 63.9 Å². The fourth-order valence-electron chi connectivity index (χ4n) is 9.95. The molecule has 11 aromatic carbocycles. The normalized spacial score (nSPS) is 13.6. The molecule has 0 aliphatic carbocycles. The number of hydrogen-bond acceptors (Lipinski definition) is 0. The number of hydrogen-bond donors (Lipinski definition) is 0. The highest BCUT2D eigenvalue weighted by molar-refractivity contribution is 8.33. The van der Waals surface area contributed by atoms with Crippen LogP contribution in [0.4, 0.5) is 0 Å². The summed E-state index contributed by atoms with van der Waals surface area (Å²) in [6.45, 7) is 0. The fraction of sp³-hybridized carbons (Fsp3) is 0.0345. The molecule has 0 unspecified atom stereocenters. The van der Waals surface area contributed by atoms with Gasteiger partial charge < -0.3 is 0 Å². The van der Waals surface area contributed by atoms with E-state index in [0.29, 0.717) is 0 Å². The largest absolute Gasteiger partial charge is 0.192 e. The summed E-state index contributed by atoms with van der Waals surface area (Å²) in [5.41, 5.74) is 12.8. The average Bonchev–Trinajstić information content (AvgIpc) is 3.51. The van der Waals surface area contributed by atoms with Gasteiger partial charge in [-0.2, -0.15) is 10.0 Å². The minimum absolute atomic E-state index is 1.21. The van der Waals surface area contributed by atoms with Crippen LogP contribution in [0.3, 0.4) is 0 Å². The van der Waals surface area contributed by atoms with Gasteiger partial charge in [-0.1, -0.05) is 170 Å². The predicted octanol–water partition coefficient (Wildman–Crippen LogP) is 16.6. The first-order valence-electron chi connectivity index (χ1n) is 20.5. The lowest BCUT2D eigenvalue weighted by atomic mass is 9.83. The van der Waals surface area contributed by atoms with Crippen molar-refractivity contribution < 1.29 is 0 Å². The number of benzene rings is 11. The Bertz CT molecular complexity index is 3510. The third-order valence-electron chi connectivity index (χ3n) is 12.9. The van der Waals surface area contributed by atoms with Crippen molar-refractivity contribution in [2.45, 2.75) is 9.79 Å². The Morgan fingerprint density at radius 1 is 0.254 bits per heavy atom. The third-order valence-corrected chi connectivity index (χ3v) is 15.8. The topological polar surface area (TPSA) is 0 Å². The van der Waals surface area contributed by atoms with Crippen LogP contribution in [-0.4, -0.2) is 12.5 Å². The van der Waals surface area contributed by atoms with Gasteiger partial charge in [-0.15, -0.1) is 0 Å². The molecule has 1 heteroatoms. The molecule has 0 N–H and O–H groups in total. The van der Waals surface area contributed by atoms with E-state index in [-0.39, 0.29) is 0 Å². The van der Waals surface area contributed by atoms with Crippen molar-refractivity contribution in [1.82, 2.24) is 0 Å². The van der Waals surface area contributed by atoms with Crippen LogP contribution in [0.15, 0.2) is 216 Å². The smallest absolute Gasteiger partial charge is 0.00219 e. The molecule has 0 saturated carbocycles. The number of fused-ring (bicyclic) bond motifs is 8. The maximum Gasteiger partial charge on any atom is 0.00219 e. The minimum atomic E-state index is -1.24. The average molecular weight is 769 g/mol. The second-order valence-electron chi connectivity index (χ2n) is 16.5. The van der Waals surface area contributed by atoms with Gasteiger partial charge in [-0.05, 0) is 158 Å². The first-order chi connectivity index (χ1) is 29.0. The zero-order valence-corrected chi connectivity index (χ0v) is 33.9. The summed E-state index contributed by atoms with van der Waals surface area (Å²) in [5.74, 6) is 0. The van der Waals surface area contributed by atoms with Gasteiger partial charge >= 0.3 is 0 Å². The molecule has 0 atom stereocenters. The van der Waals surface area contributed by atoms with Crippen LogP contribution in [-0.2, 0) is 0 Å². The Balaban J connectivity index is 1.16. The highest BCUT2D eigenvalue weighted by atomic mass is 32.3. The van der Waals surface area contributed by atoms with Crippen LogP contribution in [0.5, 0.6) is 0 Å². The van der Waals surface area contributed by atoms with Crippen LogP contribution in [0, 0.1) is 0 Å². The standard InChI is InChI=1S/C58H40S/c1-59(2)55-21-10-9-19-49(55)51-35-53-54(36-56(51)59)58(46-29-25-38-13-4-6-16-43(38)33-46)52-34-44(30-31-50(52)57(53)45-28-24-37-12-3-5-15-42(37)32-45)39-22-26-41(27-23-39)48-20-11-17-40-14-7-8-18-47(40)48/h3-36H,1-2H3. The summed E-state index contributed by atoms with van der Waals surface area (Å²) in [7, 11) is -1.24. The van der Waals surface area contributed by atoms with Crippen LogP contribution >= 0.6 is 10.0 Å². The summed E-state index contributed by atoms with van der Waals surface area (Å²) >= 11 is 0. The Morgan fingerprint density at radius 3 is 1.49 bits per heavy atom. The molecular weight excluding hydrogens is 729 g/mol. The lowest BCUT2D eigenvalue weighted by Crippen LogP contribution is -1.96. The molecule has 0 amide bonds. The second kappa shape index (κ2) is 13.0. The monoisotopic (exact) mass is 768 g/mol. The van der Waals surface area contributed by atoms with E-state index >= 15 is 0 Å². The van der Waals surface area contributed by atoms with Crippen LogP contribution in [0.25, 0.3) is 109 Å². The Morgan fingerprint density at radius 2 is 0.763 bits per heavy atom. The molecule has 59 heavy (non-hydrogen) atoms. The van der Waals surface area contributed by atoms with Gasteiger partial charge in [0.1, 0.15) is 0 Å². The molecule has 1 aliphatic rings. The molecule has 0 saturated heterocycles. The molecule has 12 rings (SSSR count). The predicted molar refractivity (Wildman–Crippen MR) is 257 cm³/mol. The molecule has 1 heterocycles. The van der Waals surface area contributed by atoms with E-state index in [0.717, 1.165) is 0 Å². The maximum absolute atomic E-state index is 2.58. The van der Waals surface area contributed by atoms with Crippen molar-refractivity contribution in [3.05, 3.63) is 206 Å².